The van der Waals surface area contributed by atoms with Gasteiger partial charge in [-0.05, 0) is 33.6 Å². The number of carbonyl (C=O) groups is 4. The third-order valence-electron chi connectivity index (χ3n) is 6.12. The van der Waals surface area contributed by atoms with E-state index in [1.165, 1.54) is 0 Å². The first-order valence-corrected chi connectivity index (χ1v) is 11.8. The quantitative estimate of drug-likeness (QED) is 0.269. The van der Waals surface area contributed by atoms with Gasteiger partial charge in [0.25, 0.3) is 0 Å². The van der Waals surface area contributed by atoms with Gasteiger partial charge in [-0.3, -0.25) is 19.2 Å². The molecule has 3 heterocycles. The zero-order valence-corrected chi connectivity index (χ0v) is 21.0. The van der Waals surface area contributed by atoms with Crippen LogP contribution in [0.1, 0.15) is 46.5 Å². The molecule has 0 bridgehead atoms. The van der Waals surface area contributed by atoms with Crippen LogP contribution in [0.2, 0.25) is 0 Å². The van der Waals surface area contributed by atoms with Gasteiger partial charge in [0.15, 0.2) is 0 Å². The predicted octanol–water partition coefficient (Wildman–Crippen LogP) is 1.50. The lowest BCUT2D eigenvalue weighted by Crippen LogP contribution is -2.57. The summed E-state index contributed by atoms with van der Waals surface area (Å²) >= 11 is 0. The third-order valence-corrected chi connectivity index (χ3v) is 6.12. The molecule has 214 valence electrons. The summed E-state index contributed by atoms with van der Waals surface area (Å²) < 4.78 is 71.8. The second kappa shape index (κ2) is 13.5. The van der Waals surface area contributed by atoms with Gasteiger partial charge in [-0.1, -0.05) is 0 Å². The highest BCUT2D eigenvalue weighted by atomic mass is 19.4. The first-order valence-electron chi connectivity index (χ1n) is 11.8. The van der Waals surface area contributed by atoms with Crippen molar-refractivity contribution in [2.75, 3.05) is 45.9 Å². The van der Waals surface area contributed by atoms with E-state index in [-0.39, 0.29) is 17.0 Å². The molecule has 3 N–H and O–H groups in total. The van der Waals surface area contributed by atoms with Gasteiger partial charge in [0.05, 0.1) is 12.1 Å². The van der Waals surface area contributed by atoms with Crippen molar-refractivity contribution in [1.29, 1.82) is 0 Å². The number of rotatable bonds is 5. The van der Waals surface area contributed by atoms with Crippen LogP contribution >= 0.6 is 0 Å². The molecule has 37 heavy (non-hydrogen) atoms. The molecule has 3 aliphatic rings. The summed E-state index contributed by atoms with van der Waals surface area (Å²) in [4.78, 5) is 43.7. The maximum absolute atomic E-state index is 11.3. The molecule has 3 saturated heterocycles. The minimum absolute atomic E-state index is 0.0466. The number of ether oxygens (including phenoxy) is 1. The summed E-state index contributed by atoms with van der Waals surface area (Å²) in [5.74, 6) is -6.57. The molecule has 3 rings (SSSR count). The average molecular weight is 549 g/mol. The molecule has 3 aliphatic heterocycles. The van der Waals surface area contributed by atoms with Crippen LogP contribution < -0.4 is 16.0 Å². The highest BCUT2D eigenvalue weighted by Crippen LogP contribution is 2.30. The monoisotopic (exact) mass is 548 g/mol. The number of Topliss-reactive ketones (excluding diaryl/α,β-unsaturated/α-hetero) is 2. The Labute approximate surface area is 211 Å². The predicted molar refractivity (Wildman–Crippen MR) is 119 cm³/mol. The normalized spacial score (nSPS) is 25.6. The van der Waals surface area contributed by atoms with Gasteiger partial charge in [-0.15, -0.1) is 0 Å². The minimum atomic E-state index is -5.77. The zero-order chi connectivity index (χ0) is 28.5. The number of nitrogens with one attached hydrogen (secondary N) is 3. The third kappa shape index (κ3) is 10.6. The summed E-state index contributed by atoms with van der Waals surface area (Å²) in [6.07, 6.45) is -8.44. The second-order valence-electron chi connectivity index (χ2n) is 9.34. The molecule has 0 aromatic carbocycles. The van der Waals surface area contributed by atoms with Gasteiger partial charge < -0.3 is 25.6 Å². The van der Waals surface area contributed by atoms with E-state index in [9.17, 15) is 45.5 Å². The maximum atomic E-state index is 11.3. The summed E-state index contributed by atoms with van der Waals surface area (Å²) in [5.41, 5.74) is 0.181. The van der Waals surface area contributed by atoms with Crippen LogP contribution in [0.25, 0.3) is 0 Å². The molecule has 0 aromatic rings. The molecule has 2 atom stereocenters. The number of esters is 1. The van der Waals surface area contributed by atoms with Crippen molar-refractivity contribution in [2.24, 2.45) is 0 Å². The van der Waals surface area contributed by atoms with E-state index < -0.39 is 23.9 Å². The Morgan fingerprint density at radius 3 is 1.97 bits per heavy atom. The van der Waals surface area contributed by atoms with Gasteiger partial charge in [0.1, 0.15) is 0 Å². The fourth-order valence-corrected chi connectivity index (χ4v) is 4.00. The number of carbonyl (C=O) groups excluding carboxylic acids is 4. The molecule has 0 saturated carbocycles. The number of ketones is 2. The highest BCUT2D eigenvalue weighted by Gasteiger charge is 2.54. The van der Waals surface area contributed by atoms with Crippen LogP contribution in [0.3, 0.4) is 0 Å². The number of hydrogen-bond donors (Lipinski definition) is 3. The van der Waals surface area contributed by atoms with E-state index >= 15 is 0 Å². The fourth-order valence-electron chi connectivity index (χ4n) is 4.00. The van der Waals surface area contributed by atoms with Crippen LogP contribution in [0.4, 0.5) is 26.3 Å². The summed E-state index contributed by atoms with van der Waals surface area (Å²) in [6.45, 7) is 12.3. The van der Waals surface area contributed by atoms with Crippen molar-refractivity contribution in [2.45, 2.75) is 69.9 Å². The van der Waals surface area contributed by atoms with Crippen LogP contribution in [0.15, 0.2) is 0 Å². The molecule has 15 heteroatoms. The Kier molecular flexibility index (Phi) is 12.0. The summed E-state index contributed by atoms with van der Waals surface area (Å²) in [5, 5.41) is 10.1. The van der Waals surface area contributed by atoms with E-state index in [1.54, 1.807) is 0 Å². The van der Waals surface area contributed by atoms with E-state index in [0.717, 1.165) is 58.5 Å². The number of amides is 1. The molecule has 2 unspecified atom stereocenters. The number of fused-ring (bicyclic) bond motifs is 1. The smallest absolute Gasteiger partial charge is 0.458 e. The molecular formula is C22H34F6N4O5. The molecule has 1 amide bonds. The van der Waals surface area contributed by atoms with Crippen LogP contribution in [-0.2, 0) is 23.9 Å². The number of nitrogens with zero attached hydrogens (tertiary/aromatic N) is 1. The SMILES string of the molecule is CC12CCC(=O)N1CCNC2.CCOC(=O)CCC1(C)CNCCN1.O=C(C(=O)C(F)(F)F)C(F)(F)F. The van der Waals surface area contributed by atoms with Crippen molar-refractivity contribution in [3.63, 3.8) is 0 Å². The molecule has 0 radical (unpaired) electrons. The van der Waals surface area contributed by atoms with Crippen LogP contribution in [0.5, 0.6) is 0 Å². The van der Waals surface area contributed by atoms with Crippen molar-refractivity contribution < 1.29 is 50.3 Å². The van der Waals surface area contributed by atoms with Gasteiger partial charge in [-0.2, -0.15) is 26.3 Å². The lowest BCUT2D eigenvalue weighted by molar-refractivity contribution is -0.193. The number of alkyl halides is 6. The second-order valence-corrected chi connectivity index (χ2v) is 9.34. The Morgan fingerprint density at radius 1 is 0.946 bits per heavy atom. The van der Waals surface area contributed by atoms with E-state index in [2.05, 4.69) is 29.8 Å². The van der Waals surface area contributed by atoms with Crippen LogP contribution in [0, 0.1) is 0 Å². The number of halogens is 6. The van der Waals surface area contributed by atoms with E-state index in [0.29, 0.717) is 18.9 Å². The first-order chi connectivity index (χ1) is 16.9. The Bertz CT molecular complexity index is 790. The van der Waals surface area contributed by atoms with E-state index in [4.69, 9.17) is 4.74 Å². The first kappa shape index (κ1) is 32.8. The van der Waals surface area contributed by atoms with Gasteiger partial charge >= 0.3 is 29.9 Å². The molecular weight excluding hydrogens is 514 g/mol. The molecule has 0 spiro atoms. The number of hydrogen-bond acceptors (Lipinski definition) is 8. The summed E-state index contributed by atoms with van der Waals surface area (Å²) in [6, 6.07) is 0. The Hall–Kier alpha value is -2.26. The van der Waals surface area contributed by atoms with Crippen molar-refractivity contribution in [3.05, 3.63) is 0 Å². The lowest BCUT2D eigenvalue weighted by atomic mass is 9.94. The zero-order valence-electron chi connectivity index (χ0n) is 21.0. The minimum Gasteiger partial charge on any atom is -0.466 e. The van der Waals surface area contributed by atoms with Gasteiger partial charge in [0.2, 0.25) is 5.91 Å². The van der Waals surface area contributed by atoms with Crippen molar-refractivity contribution in [3.8, 4) is 0 Å². The average Bonchev–Trinajstić information content (AvgIpc) is 3.12. The topological polar surface area (TPSA) is 117 Å². The van der Waals surface area contributed by atoms with Gasteiger partial charge in [-0.25, -0.2) is 0 Å². The highest BCUT2D eigenvalue weighted by molar-refractivity contribution is 6.41. The Morgan fingerprint density at radius 2 is 1.51 bits per heavy atom. The van der Waals surface area contributed by atoms with Crippen molar-refractivity contribution in [1.82, 2.24) is 20.9 Å². The number of piperazine rings is 2. The van der Waals surface area contributed by atoms with E-state index in [1.807, 2.05) is 11.8 Å². The lowest BCUT2D eigenvalue weighted by Gasteiger charge is -2.39. The molecule has 0 aromatic heterocycles. The van der Waals surface area contributed by atoms with Crippen molar-refractivity contribution >= 4 is 23.4 Å². The molecule has 0 aliphatic carbocycles. The molecule has 9 nitrogen and oxygen atoms in total. The summed E-state index contributed by atoms with van der Waals surface area (Å²) in [7, 11) is 0. The maximum Gasteiger partial charge on any atom is 0.458 e. The largest absolute Gasteiger partial charge is 0.466 e. The fraction of sp³-hybridized carbons (Fsp3) is 0.818. The standard InChI is InChI=1S/C10H20N2O2.C8H14N2O.C4F6O2/c1-3-14-9(13)4-5-10(2)8-11-6-7-12-10;1-8-3-2-7(11)10(8)5-4-9-6-8;5-3(6,7)1(11)2(12)4(8,9)10/h11-12H,3-8H2,1-2H3;9H,2-6H2,1H3;. The Balaban J connectivity index is 0.000000279. The molecule has 3 fully saturated rings. The van der Waals surface area contributed by atoms with Crippen LogP contribution in [-0.4, -0.2) is 97.6 Å². The van der Waals surface area contributed by atoms with Gasteiger partial charge in [0, 0.05) is 57.6 Å².